The van der Waals surface area contributed by atoms with E-state index in [1.54, 1.807) is 24.3 Å². The highest BCUT2D eigenvalue weighted by atomic mass is 32.2. The lowest BCUT2D eigenvalue weighted by molar-refractivity contribution is -0.138. The van der Waals surface area contributed by atoms with Crippen molar-refractivity contribution in [2.45, 2.75) is 29.8 Å². The fraction of sp³-hybridized carbons (Fsp3) is 0.300. The summed E-state index contributed by atoms with van der Waals surface area (Å²) in [6.07, 6.45) is -0.499. The largest absolute Gasteiger partial charge is 0.507 e. The fourth-order valence-corrected chi connectivity index (χ4v) is 3.78. The van der Waals surface area contributed by atoms with Gasteiger partial charge in [0.2, 0.25) is 11.8 Å². The second kappa shape index (κ2) is 11.2. The van der Waals surface area contributed by atoms with Crippen molar-refractivity contribution in [2.24, 2.45) is 5.73 Å². The summed E-state index contributed by atoms with van der Waals surface area (Å²) in [5, 5.41) is 43.6. The highest BCUT2D eigenvalue weighted by Crippen LogP contribution is 2.40. The van der Waals surface area contributed by atoms with Crippen molar-refractivity contribution >= 4 is 46.3 Å². The number of thioether (sulfide) groups is 1. The molecule has 0 aliphatic carbocycles. The minimum Gasteiger partial charge on any atom is -0.507 e. The van der Waals surface area contributed by atoms with Gasteiger partial charge < -0.3 is 36.8 Å². The fourth-order valence-electron chi connectivity index (χ4n) is 2.76. The van der Waals surface area contributed by atoms with Crippen molar-refractivity contribution in [3.05, 3.63) is 30.3 Å². The van der Waals surface area contributed by atoms with E-state index in [0.717, 1.165) is 11.8 Å². The first-order valence-electron chi connectivity index (χ1n) is 9.43. The maximum atomic E-state index is 12.4. The van der Waals surface area contributed by atoms with Gasteiger partial charge >= 0.3 is 11.9 Å². The molecule has 2 atom stereocenters. The zero-order valence-corrected chi connectivity index (χ0v) is 17.6. The summed E-state index contributed by atoms with van der Waals surface area (Å²) in [5.41, 5.74) is 5.67. The van der Waals surface area contributed by atoms with Crippen LogP contribution in [0.25, 0.3) is 10.8 Å². The smallest absolute Gasteiger partial charge is 0.322 e. The zero-order valence-electron chi connectivity index (χ0n) is 16.8. The van der Waals surface area contributed by atoms with E-state index in [1.165, 1.54) is 6.07 Å². The van der Waals surface area contributed by atoms with Gasteiger partial charge in [-0.2, -0.15) is 0 Å². The van der Waals surface area contributed by atoms with E-state index in [0.29, 0.717) is 10.8 Å². The number of carboxylic acid groups (broad SMARTS) is 2. The van der Waals surface area contributed by atoms with Gasteiger partial charge in [0.1, 0.15) is 24.1 Å². The lowest BCUT2D eigenvalue weighted by atomic mass is 10.1. The first-order valence-corrected chi connectivity index (χ1v) is 10.4. The number of aliphatic carboxylic acids is 2. The summed E-state index contributed by atoms with van der Waals surface area (Å²) in [7, 11) is 0. The molecule has 8 N–H and O–H groups in total. The number of carbonyl (C=O) groups is 4. The highest BCUT2D eigenvalue weighted by molar-refractivity contribution is 7.99. The number of phenols is 2. The Bertz CT molecular complexity index is 1030. The van der Waals surface area contributed by atoms with Gasteiger partial charge in [0.15, 0.2) is 0 Å². The Labute approximate surface area is 186 Å². The van der Waals surface area contributed by atoms with Gasteiger partial charge in [-0.15, -0.1) is 11.8 Å². The first-order chi connectivity index (χ1) is 15.1. The van der Waals surface area contributed by atoms with E-state index in [9.17, 15) is 29.4 Å². The third-order valence-corrected chi connectivity index (χ3v) is 5.54. The molecule has 0 aliphatic heterocycles. The SMILES string of the molecule is N[C@@H](CCC(=O)O)C(=O)N[C@@H](CSc1cc(O)c2ccccc2c1O)C(=O)NCC(=O)O. The normalized spacial score (nSPS) is 12.7. The van der Waals surface area contributed by atoms with E-state index in [2.05, 4.69) is 10.6 Å². The van der Waals surface area contributed by atoms with Crippen LogP contribution in [0, 0.1) is 0 Å². The van der Waals surface area contributed by atoms with Gasteiger partial charge in [0.25, 0.3) is 0 Å². The van der Waals surface area contributed by atoms with Crippen LogP contribution in [0.2, 0.25) is 0 Å². The summed E-state index contributed by atoms with van der Waals surface area (Å²) in [4.78, 5) is 46.3. The number of nitrogens with one attached hydrogen (secondary N) is 2. The third kappa shape index (κ3) is 6.75. The third-order valence-electron chi connectivity index (χ3n) is 4.42. The molecule has 2 amide bonds. The van der Waals surface area contributed by atoms with Crippen molar-refractivity contribution in [2.75, 3.05) is 12.3 Å². The lowest BCUT2D eigenvalue weighted by Gasteiger charge is -2.20. The van der Waals surface area contributed by atoms with Gasteiger partial charge in [-0.05, 0) is 12.5 Å². The number of carboxylic acids is 2. The summed E-state index contributed by atoms with van der Waals surface area (Å²) < 4.78 is 0. The second-order valence-corrected chi connectivity index (χ2v) is 7.87. The Balaban J connectivity index is 2.17. The molecular formula is C20H23N3O8S. The van der Waals surface area contributed by atoms with Crippen LogP contribution in [0.4, 0.5) is 0 Å². The monoisotopic (exact) mass is 465 g/mol. The van der Waals surface area contributed by atoms with Crippen molar-refractivity contribution < 1.29 is 39.6 Å². The number of carbonyl (C=O) groups excluding carboxylic acids is 2. The molecule has 0 radical (unpaired) electrons. The summed E-state index contributed by atoms with van der Waals surface area (Å²) in [6.45, 7) is -0.678. The highest BCUT2D eigenvalue weighted by Gasteiger charge is 2.25. The molecule has 0 spiro atoms. The molecule has 172 valence electrons. The number of amides is 2. The second-order valence-electron chi connectivity index (χ2n) is 6.81. The van der Waals surface area contributed by atoms with Crippen LogP contribution in [0.5, 0.6) is 11.5 Å². The molecule has 0 saturated heterocycles. The molecule has 11 nitrogen and oxygen atoms in total. The quantitative estimate of drug-likeness (QED) is 0.178. The number of rotatable bonds is 11. The molecule has 0 fully saturated rings. The van der Waals surface area contributed by atoms with Gasteiger partial charge in [-0.25, -0.2) is 0 Å². The molecule has 2 aromatic rings. The molecule has 0 aromatic heterocycles. The van der Waals surface area contributed by atoms with Crippen LogP contribution in [0.1, 0.15) is 12.8 Å². The van der Waals surface area contributed by atoms with E-state index < -0.39 is 42.4 Å². The van der Waals surface area contributed by atoms with E-state index in [4.69, 9.17) is 15.9 Å². The number of aromatic hydroxyl groups is 2. The molecule has 2 rings (SSSR count). The molecule has 0 heterocycles. The topological polar surface area (TPSA) is 199 Å². The maximum Gasteiger partial charge on any atom is 0.322 e. The minimum atomic E-state index is -1.29. The predicted molar refractivity (Wildman–Crippen MR) is 115 cm³/mol. The van der Waals surface area contributed by atoms with Gasteiger partial charge in [-0.3, -0.25) is 19.2 Å². The van der Waals surface area contributed by atoms with Gasteiger partial charge in [-0.1, -0.05) is 24.3 Å². The predicted octanol–water partition coefficient (Wildman–Crippen LogP) is 0.221. The Morgan fingerprint density at radius 3 is 2.28 bits per heavy atom. The Morgan fingerprint density at radius 1 is 1.00 bits per heavy atom. The number of nitrogens with two attached hydrogens (primary N) is 1. The Hall–Kier alpha value is -3.51. The van der Waals surface area contributed by atoms with Gasteiger partial charge in [0.05, 0.1) is 10.9 Å². The van der Waals surface area contributed by atoms with Crippen LogP contribution in [-0.2, 0) is 19.2 Å². The number of phenolic OH excluding ortho intramolecular Hbond substituents is 2. The first kappa shape index (κ1) is 24.8. The maximum absolute atomic E-state index is 12.4. The standard InChI is InChI=1S/C20H23N3O8S/c21-12(5-6-16(25)26)19(30)23-13(20(31)22-8-17(27)28)9-32-15-7-14(24)10-3-1-2-4-11(10)18(15)29/h1-4,7,12-13,24,29H,5-6,8-9,21H2,(H,22,31)(H,23,30)(H,25,26)(H,27,28)/t12-,13-/m0/s1. The summed E-state index contributed by atoms with van der Waals surface area (Å²) in [5.74, 6) is -4.35. The van der Waals surface area contributed by atoms with E-state index in [1.807, 2.05) is 0 Å². The Kier molecular flexibility index (Phi) is 8.67. The molecule has 12 heteroatoms. The molecule has 0 bridgehead atoms. The van der Waals surface area contributed by atoms with Crippen LogP contribution in [-0.4, -0.2) is 68.6 Å². The number of benzene rings is 2. The zero-order chi connectivity index (χ0) is 23.8. The minimum absolute atomic E-state index is 0.0903. The molecule has 0 aliphatic rings. The Morgan fingerprint density at radius 2 is 1.66 bits per heavy atom. The number of hydrogen-bond donors (Lipinski definition) is 7. The lowest BCUT2D eigenvalue weighted by Crippen LogP contribution is -2.53. The molecule has 0 unspecified atom stereocenters. The van der Waals surface area contributed by atoms with Crippen molar-refractivity contribution in [1.29, 1.82) is 0 Å². The summed E-state index contributed by atoms with van der Waals surface area (Å²) in [6, 6.07) is 5.49. The van der Waals surface area contributed by atoms with Crippen molar-refractivity contribution in [3.8, 4) is 11.5 Å². The van der Waals surface area contributed by atoms with Crippen LogP contribution < -0.4 is 16.4 Å². The molecule has 32 heavy (non-hydrogen) atoms. The van der Waals surface area contributed by atoms with Crippen LogP contribution >= 0.6 is 11.8 Å². The molecule has 0 saturated carbocycles. The van der Waals surface area contributed by atoms with Crippen molar-refractivity contribution in [3.63, 3.8) is 0 Å². The number of fused-ring (bicyclic) bond motifs is 1. The number of hydrogen-bond acceptors (Lipinski definition) is 8. The van der Waals surface area contributed by atoms with E-state index in [-0.39, 0.29) is 35.0 Å². The average molecular weight is 465 g/mol. The van der Waals surface area contributed by atoms with Gasteiger partial charge in [0, 0.05) is 22.9 Å². The molecule has 2 aromatic carbocycles. The van der Waals surface area contributed by atoms with Crippen molar-refractivity contribution in [1.82, 2.24) is 10.6 Å². The average Bonchev–Trinajstić information content (AvgIpc) is 2.75. The van der Waals surface area contributed by atoms with Crippen LogP contribution in [0.3, 0.4) is 0 Å². The summed E-state index contributed by atoms with van der Waals surface area (Å²) >= 11 is 0.951. The van der Waals surface area contributed by atoms with Crippen LogP contribution in [0.15, 0.2) is 35.2 Å². The molecular weight excluding hydrogens is 442 g/mol. The van der Waals surface area contributed by atoms with E-state index >= 15 is 0 Å².